The van der Waals surface area contributed by atoms with Crippen LogP contribution in [0.15, 0.2) is 34.7 Å². The fourth-order valence-corrected chi connectivity index (χ4v) is 6.06. The molecule has 1 amide bonds. The maximum Gasteiger partial charge on any atom is 0.407 e. The van der Waals surface area contributed by atoms with Crippen LogP contribution in [0.1, 0.15) is 33.4 Å². The van der Waals surface area contributed by atoms with Gasteiger partial charge in [-0.25, -0.2) is 24.7 Å². The number of carbonyl (C=O) groups is 1. The number of piperidine rings is 1. The van der Waals surface area contributed by atoms with E-state index in [1.807, 2.05) is 26.8 Å². The van der Waals surface area contributed by atoms with E-state index in [1.165, 1.54) is 11.8 Å². The van der Waals surface area contributed by atoms with Gasteiger partial charge >= 0.3 is 6.09 Å². The average Bonchev–Trinajstić information content (AvgIpc) is 3.16. The lowest BCUT2D eigenvalue weighted by molar-refractivity contribution is 0.0518. The first-order valence-electron chi connectivity index (χ1n) is 12.3. The molecule has 12 heteroatoms. The molecule has 10 nitrogen and oxygen atoms in total. The molecular weight excluding hydrogens is 512 g/mol. The van der Waals surface area contributed by atoms with Crippen LogP contribution in [-0.2, 0) is 11.2 Å². The number of alkyl carbamates (subject to hydrolysis) is 1. The molecule has 5 heterocycles. The third-order valence-corrected chi connectivity index (χ3v) is 7.90. The van der Waals surface area contributed by atoms with E-state index in [9.17, 15) is 4.79 Å². The van der Waals surface area contributed by atoms with Crippen LogP contribution in [0.3, 0.4) is 0 Å². The van der Waals surface area contributed by atoms with Crippen molar-refractivity contribution in [1.82, 2.24) is 35.2 Å². The summed E-state index contributed by atoms with van der Waals surface area (Å²) in [6, 6.07) is 2.06. The van der Waals surface area contributed by atoms with Crippen LogP contribution in [0.2, 0.25) is 5.02 Å². The number of carbonyl (C=O) groups excluding carboxylic acids is 1. The molecule has 0 spiro atoms. The Morgan fingerprint density at radius 1 is 1.22 bits per heavy atom. The summed E-state index contributed by atoms with van der Waals surface area (Å²) in [7, 11) is 0. The molecule has 0 bridgehead atoms. The van der Waals surface area contributed by atoms with Crippen LogP contribution in [0, 0.1) is 11.8 Å². The zero-order chi connectivity index (χ0) is 25.9. The second kappa shape index (κ2) is 8.98. The van der Waals surface area contributed by atoms with Crippen molar-refractivity contribution in [1.29, 1.82) is 0 Å². The molecule has 2 aliphatic rings. The predicted molar refractivity (Wildman–Crippen MR) is 142 cm³/mol. The van der Waals surface area contributed by atoms with E-state index in [1.54, 1.807) is 18.6 Å². The second-order valence-corrected chi connectivity index (χ2v) is 11.8. The number of hydrogen-bond acceptors (Lipinski definition) is 9. The number of H-pyrrole nitrogens is 1. The normalized spacial score (nSPS) is 20.9. The van der Waals surface area contributed by atoms with Gasteiger partial charge in [0.2, 0.25) is 0 Å². The lowest BCUT2D eigenvalue weighted by Gasteiger charge is -2.24. The Hall–Kier alpha value is -3.18. The van der Waals surface area contributed by atoms with Gasteiger partial charge in [-0.15, -0.1) is 0 Å². The number of amides is 1. The van der Waals surface area contributed by atoms with E-state index in [2.05, 4.69) is 37.1 Å². The van der Waals surface area contributed by atoms with E-state index >= 15 is 0 Å². The van der Waals surface area contributed by atoms with E-state index in [0.717, 1.165) is 41.3 Å². The molecule has 1 saturated carbocycles. The van der Waals surface area contributed by atoms with Crippen molar-refractivity contribution in [2.75, 3.05) is 18.0 Å². The highest BCUT2D eigenvalue weighted by Crippen LogP contribution is 2.48. The van der Waals surface area contributed by atoms with Crippen LogP contribution in [-0.4, -0.2) is 60.7 Å². The summed E-state index contributed by atoms with van der Waals surface area (Å²) in [4.78, 5) is 41.5. The van der Waals surface area contributed by atoms with Crippen LogP contribution < -0.4 is 10.2 Å². The Balaban J connectivity index is 1.26. The lowest BCUT2D eigenvalue weighted by atomic mass is 10.2. The fraction of sp³-hybridized carbons (Fsp3) is 0.440. The molecule has 6 rings (SSSR count). The lowest BCUT2D eigenvalue weighted by Crippen LogP contribution is -2.38. The highest BCUT2D eigenvalue weighted by atomic mass is 35.5. The minimum atomic E-state index is -0.518. The smallest absolute Gasteiger partial charge is 0.407 e. The predicted octanol–water partition coefficient (Wildman–Crippen LogP) is 4.62. The van der Waals surface area contributed by atoms with Crippen molar-refractivity contribution < 1.29 is 9.53 Å². The Bertz CT molecular complexity index is 1510. The quantitative estimate of drug-likeness (QED) is 0.350. The number of nitrogens with zero attached hydrogens (tertiary/aromatic N) is 6. The molecular formula is C25H27ClN8O2S. The second-order valence-electron chi connectivity index (χ2n) is 10.4. The maximum absolute atomic E-state index is 12.2. The molecule has 0 aromatic carbocycles. The standard InChI is InChI=1S/C25H27ClN8O2S/c1-5-15-18(26)17-21(30-15)32-23(37-12-8-16-20(29-9-12)28-7-6-27-16)33-22(17)34-10-13-14(11-34)19(13)31-24(35)36-25(2,3)4/h6-9,13-14,19H,5,10-11H2,1-4H3,(H,31,35)(H,30,32,33). The van der Waals surface area contributed by atoms with Crippen molar-refractivity contribution in [3.8, 4) is 0 Å². The molecule has 4 aromatic heterocycles. The number of nitrogens with one attached hydrogen (secondary N) is 2. The molecule has 2 fully saturated rings. The third kappa shape index (κ3) is 4.66. The van der Waals surface area contributed by atoms with Gasteiger partial charge in [0.05, 0.1) is 10.4 Å². The number of aromatic amines is 1. The highest BCUT2D eigenvalue weighted by molar-refractivity contribution is 7.99. The highest BCUT2D eigenvalue weighted by Gasteiger charge is 2.57. The average molecular weight is 539 g/mol. The van der Waals surface area contributed by atoms with Crippen LogP contribution >= 0.6 is 23.4 Å². The minimum absolute atomic E-state index is 0.120. The van der Waals surface area contributed by atoms with Gasteiger partial charge in [0, 0.05) is 60.1 Å². The number of aryl methyl sites for hydroxylation is 1. The Morgan fingerprint density at radius 2 is 1.97 bits per heavy atom. The molecule has 1 saturated heterocycles. The molecule has 192 valence electrons. The topological polar surface area (TPSA) is 122 Å². The summed E-state index contributed by atoms with van der Waals surface area (Å²) < 4.78 is 5.43. The van der Waals surface area contributed by atoms with E-state index < -0.39 is 5.60 Å². The summed E-state index contributed by atoms with van der Waals surface area (Å²) in [5.74, 6) is 1.51. The number of rotatable bonds is 5. The summed E-state index contributed by atoms with van der Waals surface area (Å²) in [5.41, 5.74) is 2.44. The first-order chi connectivity index (χ1) is 17.7. The van der Waals surface area contributed by atoms with Gasteiger partial charge < -0.3 is 19.9 Å². The molecule has 0 radical (unpaired) electrons. The first-order valence-corrected chi connectivity index (χ1v) is 13.5. The third-order valence-electron chi connectivity index (χ3n) is 6.66. The zero-order valence-electron chi connectivity index (χ0n) is 20.9. The van der Waals surface area contributed by atoms with Gasteiger partial charge in [0.25, 0.3) is 0 Å². The van der Waals surface area contributed by atoms with Gasteiger partial charge in [-0.05, 0) is 45.0 Å². The summed E-state index contributed by atoms with van der Waals surface area (Å²) in [5, 5.41) is 5.12. The summed E-state index contributed by atoms with van der Waals surface area (Å²) in [6.07, 6.45) is 5.43. The minimum Gasteiger partial charge on any atom is -0.444 e. The largest absolute Gasteiger partial charge is 0.444 e. The van der Waals surface area contributed by atoms with E-state index in [4.69, 9.17) is 26.3 Å². The number of ether oxygens (including phenoxy) is 1. The van der Waals surface area contributed by atoms with Crippen LogP contribution in [0.5, 0.6) is 0 Å². The van der Waals surface area contributed by atoms with Crippen LogP contribution in [0.25, 0.3) is 22.2 Å². The van der Waals surface area contributed by atoms with Crippen LogP contribution in [0.4, 0.5) is 10.6 Å². The zero-order valence-corrected chi connectivity index (χ0v) is 22.5. The number of halogens is 1. The molecule has 2 atom stereocenters. The Labute approximate surface area is 223 Å². The van der Waals surface area contributed by atoms with E-state index in [-0.39, 0.29) is 12.1 Å². The fourth-order valence-electron chi connectivity index (χ4n) is 4.95. The van der Waals surface area contributed by atoms with Crippen molar-refractivity contribution in [2.24, 2.45) is 11.8 Å². The van der Waals surface area contributed by atoms with Gasteiger partial charge in [0.15, 0.2) is 10.8 Å². The molecule has 1 aliphatic heterocycles. The first kappa shape index (κ1) is 24.2. The maximum atomic E-state index is 12.2. The van der Waals surface area contributed by atoms with Gasteiger partial charge in [-0.3, -0.25) is 4.98 Å². The molecule has 2 unspecified atom stereocenters. The van der Waals surface area contributed by atoms with Gasteiger partial charge in [0.1, 0.15) is 22.6 Å². The van der Waals surface area contributed by atoms with Crippen molar-refractivity contribution in [2.45, 2.75) is 55.8 Å². The number of hydrogen-bond donors (Lipinski definition) is 2. The SMILES string of the molecule is CCc1[nH]c2nc(Sc3cnc4nccnc4c3)nc(N3CC4C(C3)C4NC(=O)OC(C)(C)C)c2c1Cl. The van der Waals surface area contributed by atoms with Crippen molar-refractivity contribution in [3.63, 3.8) is 0 Å². The molecule has 37 heavy (non-hydrogen) atoms. The van der Waals surface area contributed by atoms with Crippen molar-refractivity contribution >= 4 is 57.5 Å². The Kier molecular flexibility index (Phi) is 5.87. The van der Waals surface area contributed by atoms with Crippen molar-refractivity contribution in [3.05, 3.63) is 35.4 Å². The molecule has 1 aliphatic carbocycles. The van der Waals surface area contributed by atoms with E-state index in [0.29, 0.717) is 38.8 Å². The van der Waals surface area contributed by atoms with Gasteiger partial charge in [-0.2, -0.15) is 0 Å². The molecule has 4 aromatic rings. The number of pyridine rings is 1. The number of anilines is 1. The number of aromatic nitrogens is 6. The summed E-state index contributed by atoms with van der Waals surface area (Å²) in [6.45, 7) is 9.20. The monoisotopic (exact) mass is 538 g/mol. The van der Waals surface area contributed by atoms with Gasteiger partial charge in [-0.1, -0.05) is 18.5 Å². The Morgan fingerprint density at radius 3 is 2.70 bits per heavy atom. The number of fused-ring (bicyclic) bond motifs is 3. The molecule has 2 N–H and O–H groups in total. The summed E-state index contributed by atoms with van der Waals surface area (Å²) >= 11 is 8.21.